The fraction of sp³-hybridized carbons (Fsp3) is 0.643. The molecule has 2 atom stereocenters. The van der Waals surface area contributed by atoms with Crippen molar-refractivity contribution in [3.05, 3.63) is 17.7 Å². The quantitative estimate of drug-likeness (QED) is 0.897. The minimum Gasteiger partial charge on any atom is -0.373 e. The van der Waals surface area contributed by atoms with Gasteiger partial charge < -0.3 is 10.2 Å². The second-order valence-corrected chi connectivity index (χ2v) is 5.52. The van der Waals surface area contributed by atoms with Crippen LogP contribution >= 0.6 is 0 Å². The fourth-order valence-electron chi connectivity index (χ4n) is 2.70. The summed E-state index contributed by atoms with van der Waals surface area (Å²) in [6.07, 6.45) is -2.39. The van der Waals surface area contributed by atoms with Gasteiger partial charge in [0.15, 0.2) is 0 Å². The van der Waals surface area contributed by atoms with Crippen molar-refractivity contribution in [2.75, 3.05) is 23.8 Å². The largest absolute Gasteiger partial charge is 0.416 e. The van der Waals surface area contributed by atoms with Crippen molar-refractivity contribution in [3.8, 4) is 0 Å². The molecule has 0 radical (unpaired) electrons. The zero-order valence-electron chi connectivity index (χ0n) is 12.0. The van der Waals surface area contributed by atoms with E-state index in [1.807, 2.05) is 11.8 Å². The molecule has 6 heteroatoms. The van der Waals surface area contributed by atoms with Crippen LogP contribution in [0.2, 0.25) is 0 Å². The molecule has 1 fully saturated rings. The number of aromatic nitrogens is 1. The molecule has 1 aromatic rings. The molecule has 2 rings (SSSR count). The van der Waals surface area contributed by atoms with E-state index in [0.717, 1.165) is 31.5 Å². The van der Waals surface area contributed by atoms with Gasteiger partial charge in [-0.2, -0.15) is 13.2 Å². The summed E-state index contributed by atoms with van der Waals surface area (Å²) in [6, 6.07) is 2.40. The summed E-state index contributed by atoms with van der Waals surface area (Å²) in [6.45, 7) is 4.96. The number of piperidine rings is 1. The Labute approximate surface area is 117 Å². The second-order valence-electron chi connectivity index (χ2n) is 5.52. The Morgan fingerprint density at radius 2 is 2.00 bits per heavy atom. The van der Waals surface area contributed by atoms with Gasteiger partial charge in [-0.25, -0.2) is 4.98 Å². The predicted octanol–water partition coefficient (Wildman–Crippen LogP) is 3.77. The maximum atomic E-state index is 12.9. The minimum absolute atomic E-state index is 0.208. The van der Waals surface area contributed by atoms with Crippen LogP contribution in [0.1, 0.15) is 32.3 Å². The molecule has 112 valence electrons. The summed E-state index contributed by atoms with van der Waals surface area (Å²) >= 11 is 0. The summed E-state index contributed by atoms with van der Waals surface area (Å²) in [5, 5.41) is 2.70. The van der Waals surface area contributed by atoms with E-state index in [9.17, 15) is 13.2 Å². The average molecular weight is 287 g/mol. The Morgan fingerprint density at radius 3 is 2.55 bits per heavy atom. The van der Waals surface area contributed by atoms with E-state index in [4.69, 9.17) is 0 Å². The van der Waals surface area contributed by atoms with Crippen LogP contribution in [0.15, 0.2) is 12.1 Å². The van der Waals surface area contributed by atoms with Gasteiger partial charge in [-0.05, 0) is 37.8 Å². The number of nitrogens with zero attached hydrogens (tertiary/aromatic N) is 2. The van der Waals surface area contributed by atoms with E-state index in [0.29, 0.717) is 11.7 Å². The summed E-state index contributed by atoms with van der Waals surface area (Å²) in [5.74, 6) is 1.26. The molecule has 0 amide bonds. The molecular formula is C14H20F3N3. The summed E-state index contributed by atoms with van der Waals surface area (Å²) in [7, 11) is 1.58. The molecule has 0 saturated carbocycles. The van der Waals surface area contributed by atoms with E-state index < -0.39 is 11.7 Å². The van der Waals surface area contributed by atoms with Crippen LogP contribution in [0.25, 0.3) is 0 Å². The predicted molar refractivity (Wildman–Crippen MR) is 74.0 cm³/mol. The van der Waals surface area contributed by atoms with E-state index in [-0.39, 0.29) is 11.9 Å². The Balaban J connectivity index is 2.36. The molecule has 1 saturated heterocycles. The molecule has 1 aliphatic rings. The average Bonchev–Trinajstić information content (AvgIpc) is 2.37. The Hall–Kier alpha value is -1.46. The summed E-state index contributed by atoms with van der Waals surface area (Å²) in [5.41, 5.74) is -0.655. The highest BCUT2D eigenvalue weighted by atomic mass is 19.4. The van der Waals surface area contributed by atoms with Gasteiger partial charge in [0.05, 0.1) is 5.56 Å². The van der Waals surface area contributed by atoms with Gasteiger partial charge in [0.2, 0.25) is 0 Å². The number of hydrogen-bond donors (Lipinski definition) is 1. The Morgan fingerprint density at radius 1 is 1.30 bits per heavy atom. The maximum absolute atomic E-state index is 12.9. The van der Waals surface area contributed by atoms with Crippen LogP contribution in [0.5, 0.6) is 0 Å². The standard InChI is InChI=1S/C14H20F3N3/c1-9-4-5-20(10(2)6-9)13-8-11(14(15,16)17)7-12(18-3)19-13/h7-10H,4-6H2,1-3H3,(H,18,19). The highest BCUT2D eigenvalue weighted by Gasteiger charge is 2.33. The van der Waals surface area contributed by atoms with Gasteiger partial charge in [-0.1, -0.05) is 6.92 Å². The lowest BCUT2D eigenvalue weighted by Gasteiger charge is -2.37. The normalized spacial score (nSPS) is 23.8. The molecule has 0 aliphatic carbocycles. The van der Waals surface area contributed by atoms with Crippen molar-refractivity contribution < 1.29 is 13.2 Å². The highest BCUT2D eigenvalue weighted by molar-refractivity contribution is 5.51. The van der Waals surface area contributed by atoms with E-state index in [1.54, 1.807) is 7.05 Å². The number of nitrogens with one attached hydrogen (secondary N) is 1. The van der Waals surface area contributed by atoms with Gasteiger partial charge in [-0.15, -0.1) is 0 Å². The Bertz CT molecular complexity index is 473. The smallest absolute Gasteiger partial charge is 0.373 e. The number of hydrogen-bond acceptors (Lipinski definition) is 3. The van der Waals surface area contributed by atoms with Crippen LogP contribution in [-0.4, -0.2) is 24.6 Å². The molecule has 1 N–H and O–H groups in total. The van der Waals surface area contributed by atoms with Crippen LogP contribution in [0, 0.1) is 5.92 Å². The highest BCUT2D eigenvalue weighted by Crippen LogP contribution is 2.34. The molecule has 0 spiro atoms. The number of pyridine rings is 1. The van der Waals surface area contributed by atoms with Gasteiger partial charge in [0.25, 0.3) is 0 Å². The lowest BCUT2D eigenvalue weighted by molar-refractivity contribution is -0.137. The van der Waals surface area contributed by atoms with Crippen molar-refractivity contribution in [2.24, 2.45) is 5.92 Å². The van der Waals surface area contributed by atoms with Crippen molar-refractivity contribution in [2.45, 2.75) is 38.9 Å². The topological polar surface area (TPSA) is 28.2 Å². The first-order valence-electron chi connectivity index (χ1n) is 6.85. The summed E-state index contributed by atoms with van der Waals surface area (Å²) in [4.78, 5) is 6.25. The first kappa shape index (κ1) is 14.9. The third-order valence-electron chi connectivity index (χ3n) is 3.83. The zero-order valence-corrected chi connectivity index (χ0v) is 12.0. The number of anilines is 2. The van der Waals surface area contributed by atoms with Crippen LogP contribution in [0.4, 0.5) is 24.8 Å². The SMILES string of the molecule is CNc1cc(C(F)(F)F)cc(N2CCC(C)CC2C)n1. The van der Waals surface area contributed by atoms with Crippen molar-refractivity contribution in [3.63, 3.8) is 0 Å². The fourth-order valence-corrected chi connectivity index (χ4v) is 2.70. The van der Waals surface area contributed by atoms with Gasteiger partial charge >= 0.3 is 6.18 Å². The van der Waals surface area contributed by atoms with Crippen molar-refractivity contribution >= 4 is 11.6 Å². The molecule has 1 aromatic heterocycles. The molecule has 2 unspecified atom stereocenters. The first-order chi connectivity index (χ1) is 9.31. The van der Waals surface area contributed by atoms with Gasteiger partial charge in [0, 0.05) is 19.6 Å². The van der Waals surface area contributed by atoms with Crippen molar-refractivity contribution in [1.29, 1.82) is 0 Å². The monoisotopic (exact) mass is 287 g/mol. The van der Waals surface area contributed by atoms with Crippen LogP contribution in [0.3, 0.4) is 0 Å². The third-order valence-corrected chi connectivity index (χ3v) is 3.83. The lowest BCUT2D eigenvalue weighted by Crippen LogP contribution is -2.40. The van der Waals surface area contributed by atoms with Gasteiger partial charge in [-0.3, -0.25) is 0 Å². The van der Waals surface area contributed by atoms with Crippen LogP contribution < -0.4 is 10.2 Å². The first-order valence-corrected chi connectivity index (χ1v) is 6.85. The Kier molecular flexibility index (Phi) is 4.11. The number of alkyl halides is 3. The lowest BCUT2D eigenvalue weighted by atomic mass is 9.93. The van der Waals surface area contributed by atoms with Crippen LogP contribution in [-0.2, 0) is 6.18 Å². The maximum Gasteiger partial charge on any atom is 0.416 e. The molecule has 2 heterocycles. The van der Waals surface area contributed by atoms with E-state index in [1.165, 1.54) is 0 Å². The number of halogens is 3. The zero-order chi connectivity index (χ0) is 14.9. The molecule has 20 heavy (non-hydrogen) atoms. The molecule has 3 nitrogen and oxygen atoms in total. The van der Waals surface area contributed by atoms with E-state index in [2.05, 4.69) is 17.2 Å². The molecule has 0 aromatic carbocycles. The summed E-state index contributed by atoms with van der Waals surface area (Å²) < 4.78 is 38.8. The number of rotatable bonds is 2. The van der Waals surface area contributed by atoms with Gasteiger partial charge in [0.1, 0.15) is 11.6 Å². The van der Waals surface area contributed by atoms with E-state index >= 15 is 0 Å². The second kappa shape index (κ2) is 5.50. The van der Waals surface area contributed by atoms with Crippen molar-refractivity contribution in [1.82, 2.24) is 4.98 Å². The third kappa shape index (κ3) is 3.16. The molecular weight excluding hydrogens is 267 g/mol. The minimum atomic E-state index is -4.35. The molecule has 0 bridgehead atoms. The molecule has 1 aliphatic heterocycles.